The lowest BCUT2D eigenvalue weighted by Crippen LogP contribution is -2.47. The Balaban J connectivity index is 1.13. The standard InChI is InChI=1S/C27H36Cl2N4O2/c1-2-35-23-6-3-5-22(19-23)31-27(34)30-21-11-9-20(10-12-21)13-14-32-15-17-33(18-16-32)25-8-4-7-24(28)26(25)29/h3-8,19-21H,2,9-18H2,1H3,(H2,30,31,34). The number of benzene rings is 2. The van der Waals surface area contributed by atoms with Gasteiger partial charge in [0.25, 0.3) is 0 Å². The summed E-state index contributed by atoms with van der Waals surface area (Å²) < 4.78 is 5.50. The van der Waals surface area contributed by atoms with E-state index in [-0.39, 0.29) is 12.1 Å². The van der Waals surface area contributed by atoms with Crippen molar-refractivity contribution in [3.8, 4) is 5.75 Å². The van der Waals surface area contributed by atoms with E-state index in [4.69, 9.17) is 27.9 Å². The van der Waals surface area contributed by atoms with Crippen molar-refractivity contribution in [3.63, 3.8) is 0 Å². The number of halogens is 2. The first-order valence-electron chi connectivity index (χ1n) is 12.7. The fourth-order valence-electron chi connectivity index (χ4n) is 5.09. The molecule has 1 saturated carbocycles. The number of nitrogens with one attached hydrogen (secondary N) is 2. The molecule has 0 unspecified atom stereocenters. The molecule has 2 N–H and O–H groups in total. The molecule has 2 fully saturated rings. The zero-order valence-electron chi connectivity index (χ0n) is 20.4. The minimum Gasteiger partial charge on any atom is -0.494 e. The Hall–Kier alpha value is -2.15. The molecule has 4 rings (SSSR count). The second-order valence-electron chi connectivity index (χ2n) is 9.47. The van der Waals surface area contributed by atoms with Crippen molar-refractivity contribution in [1.29, 1.82) is 0 Å². The van der Waals surface area contributed by atoms with Gasteiger partial charge in [0.05, 0.1) is 22.3 Å². The highest BCUT2D eigenvalue weighted by atomic mass is 35.5. The van der Waals surface area contributed by atoms with Gasteiger partial charge in [0.2, 0.25) is 0 Å². The number of hydrogen-bond acceptors (Lipinski definition) is 4. The van der Waals surface area contributed by atoms with Gasteiger partial charge in [-0.25, -0.2) is 4.79 Å². The van der Waals surface area contributed by atoms with E-state index in [2.05, 4.69) is 26.5 Å². The Morgan fingerprint density at radius 1 is 1.03 bits per heavy atom. The Bertz CT molecular complexity index is 973. The molecule has 1 saturated heterocycles. The van der Waals surface area contributed by atoms with Crippen LogP contribution in [0.1, 0.15) is 39.0 Å². The maximum Gasteiger partial charge on any atom is 0.319 e. The van der Waals surface area contributed by atoms with E-state index in [0.717, 1.165) is 68.6 Å². The van der Waals surface area contributed by atoms with Gasteiger partial charge in [-0.1, -0.05) is 35.3 Å². The van der Waals surface area contributed by atoms with Gasteiger partial charge in [0.1, 0.15) is 5.75 Å². The molecular weight excluding hydrogens is 483 g/mol. The number of nitrogens with zero attached hydrogens (tertiary/aromatic N) is 2. The van der Waals surface area contributed by atoms with E-state index in [9.17, 15) is 4.79 Å². The van der Waals surface area contributed by atoms with E-state index in [1.54, 1.807) is 0 Å². The van der Waals surface area contributed by atoms with E-state index in [1.807, 2.05) is 43.3 Å². The topological polar surface area (TPSA) is 56.8 Å². The molecule has 1 aliphatic carbocycles. The van der Waals surface area contributed by atoms with E-state index in [0.29, 0.717) is 16.7 Å². The summed E-state index contributed by atoms with van der Waals surface area (Å²) in [6, 6.07) is 13.5. The van der Waals surface area contributed by atoms with Crippen LogP contribution in [0, 0.1) is 5.92 Å². The van der Waals surface area contributed by atoms with Crippen LogP contribution in [-0.4, -0.2) is 56.3 Å². The van der Waals surface area contributed by atoms with Gasteiger partial charge in [-0.05, 0) is 75.8 Å². The van der Waals surface area contributed by atoms with Crippen LogP contribution in [-0.2, 0) is 0 Å². The molecule has 190 valence electrons. The summed E-state index contributed by atoms with van der Waals surface area (Å²) in [7, 11) is 0. The molecule has 2 amide bonds. The highest BCUT2D eigenvalue weighted by Crippen LogP contribution is 2.33. The quantitative estimate of drug-likeness (QED) is 0.431. The Morgan fingerprint density at radius 3 is 2.51 bits per heavy atom. The normalized spacial score (nSPS) is 20.9. The number of urea groups is 1. The van der Waals surface area contributed by atoms with Gasteiger partial charge in [-0.15, -0.1) is 0 Å². The maximum absolute atomic E-state index is 12.4. The molecule has 0 bridgehead atoms. The number of carbonyl (C=O) groups is 1. The average Bonchev–Trinajstić information content (AvgIpc) is 2.86. The van der Waals surface area contributed by atoms with Crippen molar-refractivity contribution >= 4 is 40.6 Å². The van der Waals surface area contributed by atoms with Crippen LogP contribution >= 0.6 is 23.2 Å². The summed E-state index contributed by atoms with van der Waals surface area (Å²) in [6.45, 7) is 7.72. The lowest BCUT2D eigenvalue weighted by molar-refractivity contribution is 0.208. The minimum atomic E-state index is -0.139. The molecule has 8 heteroatoms. The largest absolute Gasteiger partial charge is 0.494 e. The molecule has 0 radical (unpaired) electrons. The Morgan fingerprint density at radius 2 is 1.77 bits per heavy atom. The zero-order valence-corrected chi connectivity index (χ0v) is 22.0. The predicted molar refractivity (Wildman–Crippen MR) is 145 cm³/mol. The molecule has 1 heterocycles. The molecule has 0 spiro atoms. The number of anilines is 2. The summed E-state index contributed by atoms with van der Waals surface area (Å²) in [5.74, 6) is 1.50. The summed E-state index contributed by atoms with van der Waals surface area (Å²) in [5, 5.41) is 7.35. The lowest BCUT2D eigenvalue weighted by Gasteiger charge is -2.37. The van der Waals surface area contributed by atoms with Gasteiger partial charge in [0.15, 0.2) is 0 Å². The first-order chi connectivity index (χ1) is 17.0. The summed E-state index contributed by atoms with van der Waals surface area (Å²) in [4.78, 5) is 17.3. The van der Waals surface area contributed by atoms with Gasteiger partial charge in [-0.2, -0.15) is 0 Å². The highest BCUT2D eigenvalue weighted by molar-refractivity contribution is 6.43. The van der Waals surface area contributed by atoms with E-state index in [1.165, 1.54) is 19.3 Å². The van der Waals surface area contributed by atoms with Gasteiger partial charge >= 0.3 is 6.03 Å². The van der Waals surface area contributed by atoms with Crippen molar-refractivity contribution in [1.82, 2.24) is 10.2 Å². The van der Waals surface area contributed by atoms with Gasteiger partial charge in [0, 0.05) is 44.0 Å². The number of piperazine rings is 1. The van der Waals surface area contributed by atoms with Crippen LogP contribution in [0.15, 0.2) is 42.5 Å². The van der Waals surface area contributed by atoms with Crippen molar-refractivity contribution < 1.29 is 9.53 Å². The molecule has 0 aromatic heterocycles. The molecule has 6 nitrogen and oxygen atoms in total. The first kappa shape index (κ1) is 25.9. The average molecular weight is 520 g/mol. The summed E-state index contributed by atoms with van der Waals surface area (Å²) in [6.07, 6.45) is 5.64. The number of amides is 2. The second-order valence-corrected chi connectivity index (χ2v) is 10.3. The number of carbonyl (C=O) groups excluding carboxylic acids is 1. The Kier molecular flexibility index (Phi) is 9.41. The monoisotopic (exact) mass is 518 g/mol. The molecule has 2 aromatic rings. The van der Waals surface area contributed by atoms with Crippen molar-refractivity contribution in [2.24, 2.45) is 5.92 Å². The highest BCUT2D eigenvalue weighted by Gasteiger charge is 2.24. The van der Waals surface area contributed by atoms with E-state index >= 15 is 0 Å². The third kappa shape index (κ3) is 7.42. The zero-order chi connectivity index (χ0) is 24.6. The molecule has 2 aliphatic rings. The SMILES string of the molecule is CCOc1cccc(NC(=O)NC2CCC(CCN3CCN(c4cccc(Cl)c4Cl)CC3)CC2)c1. The predicted octanol–water partition coefficient (Wildman–Crippen LogP) is 6.28. The third-order valence-corrected chi connectivity index (χ3v) is 7.89. The van der Waals surface area contributed by atoms with E-state index < -0.39 is 0 Å². The fourth-order valence-corrected chi connectivity index (χ4v) is 5.51. The molecule has 0 atom stereocenters. The van der Waals surface area contributed by atoms with Crippen LogP contribution in [0.5, 0.6) is 5.75 Å². The van der Waals surface area contributed by atoms with Crippen molar-refractivity contribution in [2.45, 2.75) is 45.1 Å². The third-order valence-electron chi connectivity index (χ3n) is 7.08. The lowest BCUT2D eigenvalue weighted by atomic mass is 9.84. The molecule has 1 aliphatic heterocycles. The number of ether oxygens (including phenoxy) is 1. The van der Waals surface area contributed by atoms with Crippen LogP contribution in [0.2, 0.25) is 10.0 Å². The molecule has 2 aromatic carbocycles. The fraction of sp³-hybridized carbons (Fsp3) is 0.519. The van der Waals surface area contributed by atoms with Crippen LogP contribution in [0.25, 0.3) is 0 Å². The molecular formula is C27H36Cl2N4O2. The summed E-state index contributed by atoms with van der Waals surface area (Å²) >= 11 is 12.6. The van der Waals surface area contributed by atoms with Crippen LogP contribution in [0.4, 0.5) is 16.2 Å². The van der Waals surface area contributed by atoms with Gasteiger partial charge in [-0.3, -0.25) is 4.90 Å². The first-order valence-corrected chi connectivity index (χ1v) is 13.5. The summed E-state index contributed by atoms with van der Waals surface area (Å²) in [5.41, 5.74) is 1.79. The maximum atomic E-state index is 12.4. The number of rotatable bonds is 8. The minimum absolute atomic E-state index is 0.139. The van der Waals surface area contributed by atoms with Crippen LogP contribution < -0.4 is 20.3 Å². The van der Waals surface area contributed by atoms with Crippen molar-refractivity contribution in [2.75, 3.05) is 49.5 Å². The van der Waals surface area contributed by atoms with Crippen LogP contribution in [0.3, 0.4) is 0 Å². The smallest absolute Gasteiger partial charge is 0.319 e. The molecule has 35 heavy (non-hydrogen) atoms. The number of hydrogen-bond donors (Lipinski definition) is 2. The Labute approximate surface area is 218 Å². The van der Waals surface area contributed by atoms with Gasteiger partial charge < -0.3 is 20.3 Å². The van der Waals surface area contributed by atoms with Crippen molar-refractivity contribution in [3.05, 3.63) is 52.5 Å². The second kappa shape index (κ2) is 12.7.